The summed E-state index contributed by atoms with van der Waals surface area (Å²) in [5.41, 5.74) is 7.15. The molecule has 0 unspecified atom stereocenters. The van der Waals surface area contributed by atoms with Gasteiger partial charge in [0.1, 0.15) is 0 Å². The van der Waals surface area contributed by atoms with Crippen LogP contribution in [-0.2, 0) is 0 Å². The maximum atomic E-state index is 6.07. The van der Waals surface area contributed by atoms with Crippen molar-refractivity contribution in [1.82, 2.24) is 5.32 Å². The Hall–Kier alpha value is -0.0800. The number of nitrogens with two attached hydrogens (primary N) is 1. The van der Waals surface area contributed by atoms with Gasteiger partial charge in [-0.3, -0.25) is 0 Å². The summed E-state index contributed by atoms with van der Waals surface area (Å²) < 4.78 is 0. The Kier molecular flexibility index (Phi) is 4.48. The van der Waals surface area contributed by atoms with Gasteiger partial charge in [0, 0.05) is 13.1 Å². The van der Waals surface area contributed by atoms with E-state index in [1.165, 1.54) is 64.3 Å². The third-order valence-corrected chi connectivity index (χ3v) is 5.30. The van der Waals surface area contributed by atoms with Gasteiger partial charge in [0.25, 0.3) is 0 Å². The molecule has 2 saturated carbocycles. The van der Waals surface area contributed by atoms with Gasteiger partial charge in [0.05, 0.1) is 0 Å². The molecule has 0 amide bonds. The van der Waals surface area contributed by atoms with Crippen molar-refractivity contribution in [2.24, 2.45) is 16.6 Å². The van der Waals surface area contributed by atoms with Crippen molar-refractivity contribution in [2.75, 3.05) is 19.6 Å². The molecule has 0 heterocycles. The molecule has 2 rings (SSSR count). The number of hydrogen-bond donors (Lipinski definition) is 2. The lowest BCUT2D eigenvalue weighted by Crippen LogP contribution is -2.41. The van der Waals surface area contributed by atoms with Crippen LogP contribution in [0.4, 0.5) is 0 Å². The second kappa shape index (κ2) is 5.71. The highest BCUT2D eigenvalue weighted by molar-refractivity contribution is 4.94. The molecule has 0 spiro atoms. The van der Waals surface area contributed by atoms with Crippen molar-refractivity contribution in [2.45, 2.75) is 64.7 Å². The maximum Gasteiger partial charge on any atom is 0.00201 e. The fourth-order valence-corrected chi connectivity index (χ4v) is 3.36. The Labute approximate surface area is 107 Å². The lowest BCUT2D eigenvalue weighted by Gasteiger charge is -2.32. The van der Waals surface area contributed by atoms with Crippen LogP contribution in [0.25, 0.3) is 0 Å². The molecule has 2 heteroatoms. The van der Waals surface area contributed by atoms with Crippen molar-refractivity contribution in [3.63, 3.8) is 0 Å². The maximum absolute atomic E-state index is 6.07. The smallest absolute Gasteiger partial charge is 0.00201 e. The molecule has 2 fully saturated rings. The van der Waals surface area contributed by atoms with E-state index in [0.717, 1.165) is 13.1 Å². The van der Waals surface area contributed by atoms with Gasteiger partial charge in [0.2, 0.25) is 0 Å². The summed E-state index contributed by atoms with van der Waals surface area (Å²) >= 11 is 0. The highest BCUT2D eigenvalue weighted by Crippen LogP contribution is 2.48. The number of rotatable bonds is 6. The molecule has 0 aromatic heterocycles. The van der Waals surface area contributed by atoms with E-state index in [-0.39, 0.29) is 0 Å². The molecule has 0 radical (unpaired) electrons. The first-order chi connectivity index (χ1) is 8.24. The van der Waals surface area contributed by atoms with Crippen molar-refractivity contribution in [1.29, 1.82) is 0 Å². The van der Waals surface area contributed by atoms with E-state index in [1.807, 2.05) is 0 Å². The molecule has 3 N–H and O–H groups in total. The van der Waals surface area contributed by atoms with E-state index in [4.69, 9.17) is 5.73 Å². The van der Waals surface area contributed by atoms with Crippen molar-refractivity contribution in [3.05, 3.63) is 0 Å². The topological polar surface area (TPSA) is 38.0 Å². The minimum Gasteiger partial charge on any atom is -0.330 e. The molecule has 2 aliphatic carbocycles. The van der Waals surface area contributed by atoms with Gasteiger partial charge in [-0.05, 0) is 49.5 Å². The summed E-state index contributed by atoms with van der Waals surface area (Å²) in [6.45, 7) is 5.59. The largest absolute Gasteiger partial charge is 0.330 e. The second-order valence-corrected chi connectivity index (χ2v) is 6.58. The molecule has 2 nitrogen and oxygen atoms in total. The van der Waals surface area contributed by atoms with Crippen molar-refractivity contribution < 1.29 is 0 Å². The molecule has 17 heavy (non-hydrogen) atoms. The Bertz CT molecular complexity index is 225. The lowest BCUT2D eigenvalue weighted by atomic mass is 9.80. The minimum atomic E-state index is 0.417. The van der Waals surface area contributed by atoms with Crippen LogP contribution in [0.5, 0.6) is 0 Å². The fraction of sp³-hybridized carbons (Fsp3) is 1.00. The van der Waals surface area contributed by atoms with E-state index >= 15 is 0 Å². The van der Waals surface area contributed by atoms with E-state index in [1.54, 1.807) is 0 Å². The molecular weight excluding hydrogens is 208 g/mol. The Morgan fingerprint density at radius 2 is 1.47 bits per heavy atom. The van der Waals surface area contributed by atoms with Crippen LogP contribution in [0, 0.1) is 10.8 Å². The number of nitrogens with one attached hydrogen (secondary N) is 1. The molecule has 0 aromatic carbocycles. The molecule has 100 valence electrons. The SMILES string of the molecule is CCC1(CNCC2(CN)CCCCCC2)CC1. The standard InChI is InChI=1S/C15H30N2/c1-2-14(9-10-14)12-17-13-15(11-16)7-5-3-4-6-8-15/h17H,2-13,16H2,1H3. The van der Waals surface area contributed by atoms with Crippen LogP contribution < -0.4 is 11.1 Å². The quantitative estimate of drug-likeness (QED) is 0.698. The normalized spacial score (nSPS) is 26.5. The van der Waals surface area contributed by atoms with Crippen LogP contribution in [-0.4, -0.2) is 19.6 Å². The summed E-state index contributed by atoms with van der Waals surface area (Å²) in [5, 5.41) is 3.75. The van der Waals surface area contributed by atoms with Gasteiger partial charge in [-0.2, -0.15) is 0 Å². The van der Waals surface area contributed by atoms with Gasteiger partial charge in [-0.25, -0.2) is 0 Å². The molecule has 0 aromatic rings. The van der Waals surface area contributed by atoms with Gasteiger partial charge in [-0.15, -0.1) is 0 Å². The summed E-state index contributed by atoms with van der Waals surface area (Å²) in [6.07, 6.45) is 12.5. The van der Waals surface area contributed by atoms with E-state index in [9.17, 15) is 0 Å². The zero-order valence-electron chi connectivity index (χ0n) is 11.6. The van der Waals surface area contributed by atoms with Crippen molar-refractivity contribution in [3.8, 4) is 0 Å². The summed E-state index contributed by atoms with van der Waals surface area (Å²) in [7, 11) is 0. The average molecular weight is 238 g/mol. The molecule has 0 saturated heterocycles. The van der Waals surface area contributed by atoms with Crippen molar-refractivity contribution >= 4 is 0 Å². The predicted octanol–water partition coefficient (Wildman–Crippen LogP) is 3.07. The second-order valence-electron chi connectivity index (χ2n) is 6.58. The molecule has 0 aliphatic heterocycles. The first-order valence-corrected chi connectivity index (χ1v) is 7.65. The highest BCUT2D eigenvalue weighted by atomic mass is 14.9. The Morgan fingerprint density at radius 3 is 1.94 bits per heavy atom. The lowest BCUT2D eigenvalue weighted by molar-refractivity contribution is 0.234. The number of hydrogen-bond acceptors (Lipinski definition) is 2. The van der Waals surface area contributed by atoms with Crippen LogP contribution >= 0.6 is 0 Å². The zero-order chi connectivity index (χ0) is 12.2. The Morgan fingerprint density at radius 1 is 0.882 bits per heavy atom. The first-order valence-electron chi connectivity index (χ1n) is 7.65. The third-order valence-electron chi connectivity index (χ3n) is 5.30. The van der Waals surface area contributed by atoms with Crippen LogP contribution in [0.15, 0.2) is 0 Å². The average Bonchev–Trinajstić information content (AvgIpc) is 3.14. The molecule has 2 aliphatic rings. The predicted molar refractivity (Wildman–Crippen MR) is 74.0 cm³/mol. The van der Waals surface area contributed by atoms with Gasteiger partial charge >= 0.3 is 0 Å². The third kappa shape index (κ3) is 3.45. The zero-order valence-corrected chi connectivity index (χ0v) is 11.6. The van der Waals surface area contributed by atoms with E-state index < -0.39 is 0 Å². The molecule has 0 bridgehead atoms. The van der Waals surface area contributed by atoms with Gasteiger partial charge < -0.3 is 11.1 Å². The molecule has 0 atom stereocenters. The minimum absolute atomic E-state index is 0.417. The monoisotopic (exact) mass is 238 g/mol. The summed E-state index contributed by atoms with van der Waals surface area (Å²) in [5.74, 6) is 0. The molecular formula is C15H30N2. The van der Waals surface area contributed by atoms with Gasteiger partial charge in [-0.1, -0.05) is 32.6 Å². The fourth-order valence-electron chi connectivity index (χ4n) is 3.36. The van der Waals surface area contributed by atoms with E-state index in [0.29, 0.717) is 10.8 Å². The van der Waals surface area contributed by atoms with E-state index in [2.05, 4.69) is 12.2 Å². The summed E-state index contributed by atoms with van der Waals surface area (Å²) in [4.78, 5) is 0. The Balaban J connectivity index is 1.77. The highest BCUT2D eigenvalue weighted by Gasteiger charge is 2.40. The van der Waals surface area contributed by atoms with Crippen LogP contribution in [0.3, 0.4) is 0 Å². The van der Waals surface area contributed by atoms with Crippen LogP contribution in [0.2, 0.25) is 0 Å². The summed E-state index contributed by atoms with van der Waals surface area (Å²) in [6, 6.07) is 0. The van der Waals surface area contributed by atoms with Crippen LogP contribution in [0.1, 0.15) is 64.7 Å². The van der Waals surface area contributed by atoms with Gasteiger partial charge in [0.15, 0.2) is 0 Å². The first kappa shape index (κ1) is 13.4.